The Morgan fingerprint density at radius 3 is 2.59 bits per heavy atom. The van der Waals surface area contributed by atoms with Gasteiger partial charge in [-0.05, 0) is 25.1 Å². The number of halogens is 2. The smallest absolute Gasteiger partial charge is 0.336 e. The number of morpholine rings is 1. The minimum atomic E-state index is -4.07. The molecule has 9 heteroatoms. The Kier molecular flexibility index (Phi) is 4.78. The summed E-state index contributed by atoms with van der Waals surface area (Å²) in [4.78, 5) is 11.2. The summed E-state index contributed by atoms with van der Waals surface area (Å²) in [6.07, 6.45) is -1.60. The maximum atomic E-state index is 13.3. The van der Waals surface area contributed by atoms with Crippen LogP contribution in [0.1, 0.15) is 6.92 Å². The number of hydrogen-bond acceptors (Lipinski definition) is 5. The Balaban J connectivity index is 2.31. The number of methoxy groups -OCH3 is 1. The van der Waals surface area contributed by atoms with Gasteiger partial charge in [-0.2, -0.15) is 4.31 Å². The zero-order valence-electron chi connectivity index (χ0n) is 12.0. The molecule has 0 radical (unpaired) electrons. The lowest BCUT2D eigenvalue weighted by molar-refractivity contribution is -0.162. The van der Waals surface area contributed by atoms with Gasteiger partial charge >= 0.3 is 5.97 Å². The largest absolute Gasteiger partial charge is 0.467 e. The first kappa shape index (κ1) is 16.8. The molecule has 1 aliphatic rings. The van der Waals surface area contributed by atoms with Gasteiger partial charge in [0.2, 0.25) is 10.0 Å². The molecule has 1 aromatic rings. The van der Waals surface area contributed by atoms with Crippen LogP contribution in [0.2, 0.25) is 0 Å². The molecule has 1 aliphatic heterocycles. The van der Waals surface area contributed by atoms with Crippen molar-refractivity contribution in [2.24, 2.45) is 0 Å². The monoisotopic (exact) mass is 335 g/mol. The van der Waals surface area contributed by atoms with Gasteiger partial charge in [-0.3, -0.25) is 0 Å². The Hall–Kier alpha value is -1.58. The maximum absolute atomic E-state index is 13.3. The first-order valence-electron chi connectivity index (χ1n) is 6.44. The number of hydrogen-bond donors (Lipinski definition) is 0. The van der Waals surface area contributed by atoms with Crippen LogP contribution in [0.3, 0.4) is 0 Å². The van der Waals surface area contributed by atoms with E-state index in [0.717, 1.165) is 16.4 Å². The Morgan fingerprint density at radius 1 is 1.32 bits per heavy atom. The number of carbonyl (C=O) groups excluding carboxylic acids is 1. The average molecular weight is 335 g/mol. The number of ether oxygens (including phenoxy) is 2. The van der Waals surface area contributed by atoms with Crippen LogP contribution in [0.4, 0.5) is 8.78 Å². The Labute approximate surface area is 126 Å². The molecule has 0 unspecified atom stereocenters. The number of carbonyl (C=O) groups is 1. The van der Waals surface area contributed by atoms with Crippen molar-refractivity contribution in [1.82, 2.24) is 4.31 Å². The summed E-state index contributed by atoms with van der Waals surface area (Å²) in [6, 6.07) is 2.32. The first-order valence-corrected chi connectivity index (χ1v) is 7.88. The van der Waals surface area contributed by atoms with Gasteiger partial charge in [0.05, 0.1) is 24.7 Å². The van der Waals surface area contributed by atoms with E-state index in [4.69, 9.17) is 4.74 Å². The van der Waals surface area contributed by atoms with E-state index in [2.05, 4.69) is 4.74 Å². The summed E-state index contributed by atoms with van der Waals surface area (Å²) in [5.41, 5.74) is 0. The first-order chi connectivity index (χ1) is 10.3. The summed E-state index contributed by atoms with van der Waals surface area (Å²) in [5, 5.41) is 0. The van der Waals surface area contributed by atoms with Gasteiger partial charge in [-0.15, -0.1) is 0 Å². The summed E-state index contributed by atoms with van der Waals surface area (Å²) < 4.78 is 62.0. The van der Waals surface area contributed by atoms with Crippen molar-refractivity contribution < 1.29 is 31.5 Å². The Bertz CT molecular complexity index is 679. The topological polar surface area (TPSA) is 72.9 Å². The third-order valence-corrected chi connectivity index (χ3v) is 5.05. The van der Waals surface area contributed by atoms with Crippen LogP contribution in [-0.2, 0) is 24.3 Å². The van der Waals surface area contributed by atoms with E-state index in [1.807, 2.05) is 0 Å². The summed E-state index contributed by atoms with van der Waals surface area (Å²) in [7, 11) is -2.90. The molecule has 2 atom stereocenters. The average Bonchev–Trinajstić information content (AvgIpc) is 2.48. The zero-order chi connectivity index (χ0) is 16.5. The second-order valence-corrected chi connectivity index (χ2v) is 6.79. The molecule has 0 spiro atoms. The predicted molar refractivity (Wildman–Crippen MR) is 71.5 cm³/mol. The highest BCUT2D eigenvalue weighted by Crippen LogP contribution is 2.23. The van der Waals surface area contributed by atoms with Crippen LogP contribution in [0.5, 0.6) is 0 Å². The van der Waals surface area contributed by atoms with Crippen molar-refractivity contribution in [3.8, 4) is 0 Å². The Morgan fingerprint density at radius 2 is 2.00 bits per heavy atom. The van der Waals surface area contributed by atoms with Crippen molar-refractivity contribution in [1.29, 1.82) is 0 Å². The normalized spacial score (nSPS) is 23.3. The lowest BCUT2D eigenvalue weighted by atomic mass is 10.2. The van der Waals surface area contributed by atoms with E-state index in [1.54, 1.807) is 6.92 Å². The minimum Gasteiger partial charge on any atom is -0.467 e. The van der Waals surface area contributed by atoms with Crippen molar-refractivity contribution in [2.45, 2.75) is 24.0 Å². The van der Waals surface area contributed by atoms with Gasteiger partial charge in [0.25, 0.3) is 0 Å². The molecular formula is C13H15F2NO5S. The molecule has 0 aromatic heterocycles. The number of esters is 1. The summed E-state index contributed by atoms with van der Waals surface area (Å²) in [6.45, 7) is 1.34. The number of benzene rings is 1. The van der Waals surface area contributed by atoms with Crippen LogP contribution in [0.25, 0.3) is 0 Å². The molecule has 122 valence electrons. The number of rotatable bonds is 3. The highest BCUT2D eigenvalue weighted by atomic mass is 32.2. The molecule has 1 fully saturated rings. The molecule has 2 rings (SSSR count). The van der Waals surface area contributed by atoms with Crippen molar-refractivity contribution in [2.75, 3.05) is 20.2 Å². The molecule has 0 bridgehead atoms. The van der Waals surface area contributed by atoms with Gasteiger partial charge in [-0.1, -0.05) is 0 Å². The highest BCUT2D eigenvalue weighted by Gasteiger charge is 2.37. The molecule has 0 amide bonds. The molecule has 6 nitrogen and oxygen atoms in total. The third-order valence-electron chi connectivity index (χ3n) is 3.22. The number of sulfonamides is 1. The minimum absolute atomic E-state index is 0.00514. The fourth-order valence-electron chi connectivity index (χ4n) is 2.16. The maximum Gasteiger partial charge on any atom is 0.336 e. The lowest BCUT2D eigenvalue weighted by Crippen LogP contribution is -2.51. The quantitative estimate of drug-likeness (QED) is 0.768. The van der Waals surface area contributed by atoms with Crippen LogP contribution in [0, 0.1) is 11.6 Å². The van der Waals surface area contributed by atoms with E-state index < -0.39 is 39.8 Å². The van der Waals surface area contributed by atoms with Gasteiger partial charge in [-0.25, -0.2) is 22.0 Å². The molecule has 0 saturated carbocycles. The van der Waals surface area contributed by atoms with E-state index in [0.29, 0.717) is 6.07 Å². The molecular weight excluding hydrogens is 320 g/mol. The van der Waals surface area contributed by atoms with Crippen molar-refractivity contribution in [3.63, 3.8) is 0 Å². The van der Waals surface area contributed by atoms with E-state index in [1.165, 1.54) is 7.11 Å². The van der Waals surface area contributed by atoms with Crippen LogP contribution in [-0.4, -0.2) is 51.1 Å². The second-order valence-electron chi connectivity index (χ2n) is 4.86. The summed E-state index contributed by atoms with van der Waals surface area (Å²) in [5.74, 6) is -3.09. The van der Waals surface area contributed by atoms with Crippen LogP contribution >= 0.6 is 0 Å². The van der Waals surface area contributed by atoms with Crippen molar-refractivity contribution in [3.05, 3.63) is 29.8 Å². The molecule has 1 heterocycles. The molecule has 22 heavy (non-hydrogen) atoms. The predicted octanol–water partition coefficient (Wildman–Crippen LogP) is 0.916. The fourth-order valence-corrected chi connectivity index (χ4v) is 3.69. The molecule has 0 aliphatic carbocycles. The van der Waals surface area contributed by atoms with Gasteiger partial charge in [0, 0.05) is 6.54 Å². The molecule has 0 N–H and O–H groups in total. The lowest BCUT2D eigenvalue weighted by Gasteiger charge is -2.34. The summed E-state index contributed by atoms with van der Waals surface area (Å²) >= 11 is 0. The highest BCUT2D eigenvalue weighted by molar-refractivity contribution is 7.89. The molecule has 1 aromatic carbocycles. The van der Waals surface area contributed by atoms with Crippen molar-refractivity contribution >= 4 is 16.0 Å². The third kappa shape index (κ3) is 3.26. The second kappa shape index (κ2) is 6.27. The van der Waals surface area contributed by atoms with Gasteiger partial charge in [0.15, 0.2) is 17.7 Å². The van der Waals surface area contributed by atoms with E-state index in [9.17, 15) is 22.0 Å². The van der Waals surface area contributed by atoms with E-state index >= 15 is 0 Å². The van der Waals surface area contributed by atoms with Crippen LogP contribution in [0.15, 0.2) is 23.1 Å². The standard InChI is InChI=1S/C13H15F2NO5S/c1-8-6-16(7-12(21-8)13(17)20-2)22(18,19)9-3-4-10(14)11(15)5-9/h3-5,8,12H,6-7H2,1-2H3/t8-,12-/m1/s1. The SMILES string of the molecule is COC(=O)[C@H]1CN(S(=O)(=O)c2ccc(F)c(F)c2)C[C@@H](C)O1. The molecule has 1 saturated heterocycles. The van der Waals surface area contributed by atoms with E-state index in [-0.39, 0.29) is 18.0 Å². The van der Waals surface area contributed by atoms with Gasteiger partial charge in [0.1, 0.15) is 0 Å². The van der Waals surface area contributed by atoms with Crippen LogP contribution < -0.4 is 0 Å². The number of nitrogens with zero attached hydrogens (tertiary/aromatic N) is 1. The fraction of sp³-hybridized carbons (Fsp3) is 0.462. The van der Waals surface area contributed by atoms with Gasteiger partial charge < -0.3 is 9.47 Å². The zero-order valence-corrected chi connectivity index (χ0v) is 12.8.